The number of nitrogens with one attached hydrogen (secondary N) is 1. The van der Waals surface area contributed by atoms with E-state index in [0.29, 0.717) is 12.1 Å². The minimum Gasteiger partial charge on any atom is -0.491 e. The Morgan fingerprint density at radius 2 is 2.25 bits per heavy atom. The Bertz CT molecular complexity index is 382. The van der Waals surface area contributed by atoms with Gasteiger partial charge in [0.2, 0.25) is 0 Å². The highest BCUT2D eigenvalue weighted by atomic mass is 32.2. The van der Waals surface area contributed by atoms with Crippen LogP contribution in [0.1, 0.15) is 24.9 Å². The Balaban J connectivity index is 1.69. The summed E-state index contributed by atoms with van der Waals surface area (Å²) in [5.41, 5.74) is 1.33. The molecule has 0 aromatic heterocycles. The van der Waals surface area contributed by atoms with Crippen LogP contribution in [-0.4, -0.2) is 23.7 Å². The predicted octanol–water partition coefficient (Wildman–Crippen LogP) is 2.60. The van der Waals surface area contributed by atoms with E-state index in [9.17, 15) is 0 Å². The van der Waals surface area contributed by atoms with Crippen LogP contribution in [0.15, 0.2) is 24.3 Å². The molecule has 0 saturated carbocycles. The summed E-state index contributed by atoms with van der Waals surface area (Å²) < 4.78 is 5.68. The molecule has 3 unspecified atom stereocenters. The first-order valence-corrected chi connectivity index (χ1v) is 6.97. The molecule has 3 heteroatoms. The summed E-state index contributed by atoms with van der Waals surface area (Å²) in [7, 11) is 0. The lowest BCUT2D eigenvalue weighted by molar-refractivity contribution is 0.299. The summed E-state index contributed by atoms with van der Waals surface area (Å²) in [6, 6.07) is 9.41. The average molecular weight is 235 g/mol. The molecule has 0 amide bonds. The molecule has 1 fully saturated rings. The van der Waals surface area contributed by atoms with E-state index in [4.69, 9.17) is 4.74 Å². The van der Waals surface area contributed by atoms with E-state index in [1.807, 2.05) is 6.07 Å². The van der Waals surface area contributed by atoms with Crippen LogP contribution in [0.4, 0.5) is 0 Å². The zero-order valence-corrected chi connectivity index (χ0v) is 10.3. The topological polar surface area (TPSA) is 21.3 Å². The molecule has 2 nitrogen and oxygen atoms in total. The highest BCUT2D eigenvalue weighted by Crippen LogP contribution is 2.34. The highest BCUT2D eigenvalue weighted by molar-refractivity contribution is 8.00. The lowest BCUT2D eigenvalue weighted by atomic mass is 10.1. The molecule has 0 radical (unpaired) electrons. The van der Waals surface area contributed by atoms with Crippen molar-refractivity contribution in [1.29, 1.82) is 0 Å². The van der Waals surface area contributed by atoms with Crippen LogP contribution in [0.3, 0.4) is 0 Å². The van der Waals surface area contributed by atoms with Crippen LogP contribution >= 0.6 is 11.8 Å². The molecule has 2 aliphatic rings. The van der Waals surface area contributed by atoms with Crippen LogP contribution in [0.5, 0.6) is 5.75 Å². The molecule has 16 heavy (non-hydrogen) atoms. The number of benzene rings is 1. The molecular formula is C13H17NOS. The maximum atomic E-state index is 5.68. The maximum Gasteiger partial charge on any atom is 0.124 e. The second-order valence-corrected chi connectivity index (χ2v) is 6.12. The Labute approximate surface area is 101 Å². The number of fused-ring (bicyclic) bond motifs is 1. The third-order valence-corrected chi connectivity index (χ3v) is 4.69. The fraction of sp³-hybridized carbons (Fsp3) is 0.538. The zero-order chi connectivity index (χ0) is 11.0. The van der Waals surface area contributed by atoms with Gasteiger partial charge in [0.1, 0.15) is 12.4 Å². The molecule has 3 atom stereocenters. The first-order valence-electron chi connectivity index (χ1n) is 5.92. The average Bonchev–Trinajstić information content (AvgIpc) is 2.87. The number of hydrogen-bond donors (Lipinski definition) is 1. The third-order valence-electron chi connectivity index (χ3n) is 3.34. The molecule has 0 spiro atoms. The largest absolute Gasteiger partial charge is 0.491 e. The van der Waals surface area contributed by atoms with Gasteiger partial charge in [0.05, 0.1) is 6.04 Å². The van der Waals surface area contributed by atoms with E-state index in [-0.39, 0.29) is 0 Å². The van der Waals surface area contributed by atoms with Crippen molar-refractivity contribution in [3.8, 4) is 5.75 Å². The highest BCUT2D eigenvalue weighted by Gasteiger charge is 2.29. The summed E-state index contributed by atoms with van der Waals surface area (Å²) in [6.45, 7) is 3.10. The van der Waals surface area contributed by atoms with E-state index >= 15 is 0 Å². The quantitative estimate of drug-likeness (QED) is 0.851. The standard InChI is InChI=1S/C13H17NOS/c1-9-6-10(8-16-9)14-12-7-15-13-5-3-2-4-11(12)13/h2-5,9-10,12,14H,6-8H2,1H3. The van der Waals surface area contributed by atoms with Crippen LogP contribution in [0, 0.1) is 0 Å². The van der Waals surface area contributed by atoms with Crippen molar-refractivity contribution in [3.05, 3.63) is 29.8 Å². The smallest absolute Gasteiger partial charge is 0.124 e. The normalized spacial score (nSPS) is 32.4. The minimum atomic E-state index is 0.395. The monoisotopic (exact) mass is 235 g/mol. The second-order valence-electron chi connectivity index (χ2n) is 4.64. The molecule has 1 saturated heterocycles. The summed E-state index contributed by atoms with van der Waals surface area (Å²) in [5.74, 6) is 2.29. The number of thioether (sulfide) groups is 1. The maximum absolute atomic E-state index is 5.68. The summed E-state index contributed by atoms with van der Waals surface area (Å²) in [5, 5.41) is 4.52. The Kier molecular flexibility index (Phi) is 2.82. The van der Waals surface area contributed by atoms with Crippen molar-refractivity contribution in [2.24, 2.45) is 0 Å². The molecule has 1 aromatic carbocycles. The van der Waals surface area contributed by atoms with Crippen molar-refractivity contribution in [3.63, 3.8) is 0 Å². The van der Waals surface area contributed by atoms with Gasteiger partial charge in [-0.15, -0.1) is 0 Å². The van der Waals surface area contributed by atoms with Crippen molar-refractivity contribution < 1.29 is 4.74 Å². The van der Waals surface area contributed by atoms with Gasteiger partial charge in [-0.3, -0.25) is 0 Å². The number of ether oxygens (including phenoxy) is 1. The molecule has 2 heterocycles. The lowest BCUT2D eigenvalue weighted by Gasteiger charge is -2.17. The molecule has 2 aliphatic heterocycles. The van der Waals surface area contributed by atoms with Crippen LogP contribution in [0.25, 0.3) is 0 Å². The molecule has 86 valence electrons. The Hall–Kier alpha value is -0.670. The molecular weight excluding hydrogens is 218 g/mol. The van der Waals surface area contributed by atoms with Gasteiger partial charge in [-0.05, 0) is 12.5 Å². The van der Waals surface area contributed by atoms with E-state index in [2.05, 4.69) is 42.2 Å². The van der Waals surface area contributed by atoms with Gasteiger partial charge in [0, 0.05) is 22.6 Å². The third kappa shape index (κ3) is 1.94. The van der Waals surface area contributed by atoms with Gasteiger partial charge in [0.25, 0.3) is 0 Å². The van der Waals surface area contributed by atoms with Crippen molar-refractivity contribution in [1.82, 2.24) is 5.32 Å². The summed E-state index contributed by atoms with van der Waals surface area (Å²) in [4.78, 5) is 0. The number of rotatable bonds is 2. The van der Waals surface area contributed by atoms with Crippen molar-refractivity contribution in [2.75, 3.05) is 12.4 Å². The van der Waals surface area contributed by atoms with Crippen LogP contribution < -0.4 is 10.1 Å². The van der Waals surface area contributed by atoms with Gasteiger partial charge in [-0.25, -0.2) is 0 Å². The van der Waals surface area contributed by atoms with E-state index in [0.717, 1.165) is 17.6 Å². The van der Waals surface area contributed by atoms with Crippen LogP contribution in [-0.2, 0) is 0 Å². The fourth-order valence-electron chi connectivity index (χ4n) is 2.52. The molecule has 0 bridgehead atoms. The lowest BCUT2D eigenvalue weighted by Crippen LogP contribution is -2.33. The van der Waals surface area contributed by atoms with Crippen molar-refractivity contribution >= 4 is 11.8 Å². The van der Waals surface area contributed by atoms with E-state index in [1.54, 1.807) is 0 Å². The summed E-state index contributed by atoms with van der Waals surface area (Å²) in [6.07, 6.45) is 1.28. The molecule has 0 aliphatic carbocycles. The fourth-order valence-corrected chi connectivity index (χ4v) is 3.68. The second kappa shape index (κ2) is 4.30. The van der Waals surface area contributed by atoms with Gasteiger partial charge in [-0.1, -0.05) is 25.1 Å². The van der Waals surface area contributed by atoms with Crippen LogP contribution in [0.2, 0.25) is 0 Å². The predicted molar refractivity (Wildman–Crippen MR) is 68.1 cm³/mol. The van der Waals surface area contributed by atoms with Gasteiger partial charge < -0.3 is 10.1 Å². The molecule has 1 aromatic rings. The zero-order valence-electron chi connectivity index (χ0n) is 9.48. The summed E-state index contributed by atoms with van der Waals surface area (Å²) >= 11 is 2.07. The Morgan fingerprint density at radius 1 is 1.38 bits per heavy atom. The van der Waals surface area contributed by atoms with Gasteiger partial charge in [-0.2, -0.15) is 11.8 Å². The molecule has 1 N–H and O–H groups in total. The number of hydrogen-bond acceptors (Lipinski definition) is 3. The van der Waals surface area contributed by atoms with E-state index in [1.165, 1.54) is 17.7 Å². The molecule has 3 rings (SSSR count). The van der Waals surface area contributed by atoms with Gasteiger partial charge >= 0.3 is 0 Å². The minimum absolute atomic E-state index is 0.395. The first-order chi connectivity index (χ1) is 7.83. The van der Waals surface area contributed by atoms with Gasteiger partial charge in [0.15, 0.2) is 0 Å². The SMILES string of the molecule is CC1CC(NC2COc3ccccc32)CS1. The first kappa shape index (κ1) is 10.5. The van der Waals surface area contributed by atoms with E-state index < -0.39 is 0 Å². The number of para-hydroxylation sites is 1. The Morgan fingerprint density at radius 3 is 3.06 bits per heavy atom. The van der Waals surface area contributed by atoms with Crippen molar-refractivity contribution in [2.45, 2.75) is 30.7 Å².